The molecule has 0 aromatic heterocycles. The fourth-order valence-electron chi connectivity index (χ4n) is 1.16. The molecular weight excluding hydrogens is 207 g/mol. The van der Waals surface area contributed by atoms with Gasteiger partial charge in [0.1, 0.15) is 0 Å². The Morgan fingerprint density at radius 3 is 2.06 bits per heavy atom. The summed E-state index contributed by atoms with van der Waals surface area (Å²) in [5, 5.41) is 7.42. The van der Waals surface area contributed by atoms with E-state index in [9.17, 15) is 0 Å². The average Bonchev–Trinajstić information content (AvgIpc) is 2.37. The molecule has 0 amide bonds. The zero-order valence-electron chi connectivity index (χ0n) is 9.62. The van der Waals surface area contributed by atoms with Gasteiger partial charge in [-0.1, -0.05) is 48.5 Å². The van der Waals surface area contributed by atoms with E-state index in [1.165, 1.54) is 0 Å². The van der Waals surface area contributed by atoms with Crippen molar-refractivity contribution in [3.8, 4) is 0 Å². The monoisotopic (exact) mass is 218 g/mol. The van der Waals surface area contributed by atoms with Crippen molar-refractivity contribution in [3.63, 3.8) is 0 Å². The average molecular weight is 218 g/mol. The summed E-state index contributed by atoms with van der Waals surface area (Å²) in [5.74, 6) is 0. The Labute approximate surface area is 112 Å². The third-order valence-corrected chi connectivity index (χ3v) is 1.91. The van der Waals surface area contributed by atoms with Crippen LogP contribution in [0.25, 0.3) is 5.43 Å². The molecule has 5 heteroatoms. The molecule has 2 rings (SSSR count). The van der Waals surface area contributed by atoms with Crippen molar-refractivity contribution in [3.05, 3.63) is 66.1 Å². The fourth-order valence-corrected chi connectivity index (χ4v) is 1.16. The van der Waals surface area contributed by atoms with Crippen molar-refractivity contribution in [2.75, 3.05) is 5.43 Å². The summed E-state index contributed by atoms with van der Waals surface area (Å²) in [7, 11) is 0. The first-order valence-corrected chi connectivity index (χ1v) is 4.92. The number of nitrogens with zero attached hydrogens (tertiary/aromatic N) is 3. The Bertz CT molecular complexity index is 401. The second kappa shape index (κ2) is 7.50. The molecule has 0 bridgehead atoms. The van der Waals surface area contributed by atoms with Crippen LogP contribution in [0.1, 0.15) is 0 Å². The van der Waals surface area contributed by atoms with Gasteiger partial charge in [0.15, 0.2) is 0 Å². The molecule has 2 aromatic rings. The molecule has 0 atom stereocenters. The molecule has 0 unspecified atom stereocenters. The zero-order chi connectivity index (χ0) is 11.1. The Balaban J connectivity index is 0.00000144. The van der Waals surface area contributed by atoms with Crippen molar-refractivity contribution in [2.45, 2.75) is 0 Å². The van der Waals surface area contributed by atoms with Crippen molar-refractivity contribution in [1.82, 2.24) is 0 Å². The molecule has 0 radical (unpaired) electrons. The molecule has 2 aromatic carbocycles. The first-order valence-electron chi connectivity index (χ1n) is 4.92. The van der Waals surface area contributed by atoms with Crippen molar-refractivity contribution >= 4 is 11.4 Å². The van der Waals surface area contributed by atoms with Gasteiger partial charge in [0, 0.05) is 5.69 Å². The van der Waals surface area contributed by atoms with Gasteiger partial charge in [-0.05, 0) is 17.8 Å². The molecular formula is C12H11LiN4. The van der Waals surface area contributed by atoms with E-state index in [0.29, 0.717) is 0 Å². The molecule has 4 nitrogen and oxygen atoms in total. The van der Waals surface area contributed by atoms with E-state index in [1.54, 1.807) is 0 Å². The van der Waals surface area contributed by atoms with Crippen molar-refractivity contribution < 1.29 is 18.9 Å². The van der Waals surface area contributed by atoms with Gasteiger partial charge < -0.3 is 10.9 Å². The van der Waals surface area contributed by atoms with Gasteiger partial charge in [-0.2, -0.15) is 0 Å². The van der Waals surface area contributed by atoms with Crippen LogP contribution >= 0.6 is 0 Å². The summed E-state index contributed by atoms with van der Waals surface area (Å²) in [5.41, 5.74) is 8.36. The molecule has 0 spiro atoms. The van der Waals surface area contributed by atoms with Crippen LogP contribution in [0, 0.1) is 0 Å². The number of benzene rings is 2. The van der Waals surface area contributed by atoms with Gasteiger partial charge in [0.25, 0.3) is 0 Å². The Kier molecular flexibility index (Phi) is 5.87. The predicted molar refractivity (Wildman–Crippen MR) is 64.4 cm³/mol. The maximum Gasteiger partial charge on any atom is 1.00 e. The van der Waals surface area contributed by atoms with Gasteiger partial charge in [-0.3, -0.25) is 10.4 Å². The van der Waals surface area contributed by atoms with Gasteiger partial charge in [-0.25, -0.2) is 0 Å². The second-order valence-corrected chi connectivity index (χ2v) is 3.10. The summed E-state index contributed by atoms with van der Waals surface area (Å²) in [6.45, 7) is 0. The van der Waals surface area contributed by atoms with Gasteiger partial charge >= 0.3 is 18.9 Å². The standard InChI is InChI=1S/C12H11N4.Li/c1-3-7-11(8-4-1)13-15-16-14-12-9-5-2-6-10-12;/h1-10H,(H-,13,14,15,16);/q-1;+1. The molecule has 0 aliphatic rings. The molecule has 1 N–H and O–H groups in total. The summed E-state index contributed by atoms with van der Waals surface area (Å²) in [4.78, 5) is 0. The van der Waals surface area contributed by atoms with Crippen LogP contribution in [0.4, 0.5) is 11.4 Å². The molecule has 0 saturated heterocycles. The molecule has 0 saturated carbocycles. The molecule has 0 fully saturated rings. The minimum Gasteiger partial charge on any atom is -0.353 e. The third kappa shape index (κ3) is 4.73. The Hall–Kier alpha value is -1.76. The van der Waals surface area contributed by atoms with Crippen molar-refractivity contribution in [2.24, 2.45) is 10.4 Å². The van der Waals surface area contributed by atoms with Crippen LogP contribution in [0.2, 0.25) is 0 Å². The van der Waals surface area contributed by atoms with Crippen LogP contribution in [-0.4, -0.2) is 0 Å². The van der Waals surface area contributed by atoms with Crippen LogP contribution < -0.4 is 24.3 Å². The Morgan fingerprint density at radius 2 is 1.41 bits per heavy atom. The summed E-state index contributed by atoms with van der Waals surface area (Å²) >= 11 is 0. The van der Waals surface area contributed by atoms with Crippen LogP contribution in [0.5, 0.6) is 0 Å². The molecule has 17 heavy (non-hydrogen) atoms. The maximum absolute atomic E-state index is 3.92. The minimum absolute atomic E-state index is 0. The van der Waals surface area contributed by atoms with E-state index >= 15 is 0 Å². The SMILES string of the molecule is [Li+].c1ccc([N-]/N=N/Nc2ccccc2)cc1. The van der Waals surface area contributed by atoms with Crippen molar-refractivity contribution in [1.29, 1.82) is 0 Å². The van der Waals surface area contributed by atoms with E-state index in [2.05, 4.69) is 21.3 Å². The number of rotatable bonds is 4. The van der Waals surface area contributed by atoms with Crippen LogP contribution in [-0.2, 0) is 0 Å². The summed E-state index contributed by atoms with van der Waals surface area (Å²) in [6.07, 6.45) is 0. The smallest absolute Gasteiger partial charge is 0.353 e. The van der Waals surface area contributed by atoms with E-state index in [0.717, 1.165) is 11.4 Å². The van der Waals surface area contributed by atoms with Gasteiger partial charge in [0.2, 0.25) is 0 Å². The van der Waals surface area contributed by atoms with E-state index < -0.39 is 0 Å². The number of hydrogen-bond donors (Lipinski definition) is 1. The molecule has 0 heterocycles. The quantitative estimate of drug-likeness (QED) is 0.466. The van der Waals surface area contributed by atoms with E-state index in [4.69, 9.17) is 0 Å². The topological polar surface area (TPSA) is 50.9 Å². The fraction of sp³-hybridized carbons (Fsp3) is 0. The van der Waals surface area contributed by atoms with Crippen LogP contribution in [0.3, 0.4) is 0 Å². The zero-order valence-corrected chi connectivity index (χ0v) is 9.62. The summed E-state index contributed by atoms with van der Waals surface area (Å²) < 4.78 is 0. The predicted octanol–water partition coefficient (Wildman–Crippen LogP) is 1.09. The number of hydrogen-bond acceptors (Lipinski definition) is 2. The van der Waals surface area contributed by atoms with Gasteiger partial charge in [0.05, 0.1) is 0 Å². The maximum atomic E-state index is 3.92. The molecule has 0 aliphatic carbocycles. The third-order valence-electron chi connectivity index (χ3n) is 1.91. The second-order valence-electron chi connectivity index (χ2n) is 3.10. The van der Waals surface area contributed by atoms with E-state index in [-0.39, 0.29) is 18.9 Å². The largest absolute Gasteiger partial charge is 1.00 e. The minimum atomic E-state index is 0. The molecule has 80 valence electrons. The Morgan fingerprint density at radius 1 is 0.824 bits per heavy atom. The first kappa shape index (κ1) is 13.3. The first-order chi connectivity index (χ1) is 7.95. The summed E-state index contributed by atoms with van der Waals surface area (Å²) in [6, 6.07) is 19.1. The number of para-hydroxylation sites is 1. The normalized spacial score (nSPS) is 9.65. The van der Waals surface area contributed by atoms with Crippen LogP contribution in [0.15, 0.2) is 71.1 Å². The molecule has 0 aliphatic heterocycles. The number of anilines is 1. The number of nitrogens with one attached hydrogen (secondary N) is 1. The van der Waals surface area contributed by atoms with Gasteiger partial charge in [-0.15, -0.1) is 0 Å². The van der Waals surface area contributed by atoms with E-state index in [1.807, 2.05) is 60.7 Å².